The number of hydrogen-bond acceptors (Lipinski definition) is 1. The molecule has 0 bridgehead atoms. The van der Waals surface area contributed by atoms with Gasteiger partial charge in [0.1, 0.15) is 0 Å². The quantitative estimate of drug-likeness (QED) is 0.340. The van der Waals surface area contributed by atoms with Crippen LogP contribution in [0.1, 0.15) is 0 Å². The molecule has 25 valence electrons. The van der Waals surface area contributed by atoms with E-state index in [9.17, 15) is 0 Å². The molecule has 0 heterocycles. The molecule has 0 rings (SSSR count). The molecular formula is CH2CrNaO2. The average Bonchev–Trinajstić information content (AvgIpc) is 0.918. The van der Waals surface area contributed by atoms with Crippen LogP contribution in [-0.2, 0) is 22.2 Å². The van der Waals surface area contributed by atoms with E-state index >= 15 is 0 Å². The van der Waals surface area contributed by atoms with Crippen LogP contribution in [0.3, 0.4) is 0 Å². The number of rotatable bonds is 0. The minimum absolute atomic E-state index is 0. The molecule has 5 heavy (non-hydrogen) atoms. The molecule has 0 spiro atoms. The molecule has 0 amide bonds. The van der Waals surface area contributed by atoms with Crippen LogP contribution in [0.15, 0.2) is 0 Å². The van der Waals surface area contributed by atoms with Crippen LogP contribution in [0.2, 0.25) is 0 Å². The Morgan fingerprint density at radius 2 is 1.60 bits per heavy atom. The summed E-state index contributed by atoms with van der Waals surface area (Å²) in [5.41, 5.74) is 0. The SMILES string of the molecule is O=CO.[Cr].[Na]. The zero-order valence-electron chi connectivity index (χ0n) is 2.84. The Morgan fingerprint density at radius 3 is 1.60 bits per heavy atom. The van der Waals surface area contributed by atoms with Gasteiger partial charge in [0, 0.05) is 46.9 Å². The second kappa shape index (κ2) is 20.0. The fourth-order valence-electron chi connectivity index (χ4n) is 0. The molecule has 0 fully saturated rings. The minimum atomic E-state index is -0.250. The summed E-state index contributed by atoms with van der Waals surface area (Å²) in [7, 11) is 0. The van der Waals surface area contributed by atoms with E-state index in [4.69, 9.17) is 9.90 Å². The fraction of sp³-hybridized carbons (Fsp3) is 0. The van der Waals surface area contributed by atoms with E-state index in [1.54, 1.807) is 0 Å². The second-order valence-corrected chi connectivity index (χ2v) is 0.105. The van der Waals surface area contributed by atoms with Crippen molar-refractivity contribution in [1.29, 1.82) is 0 Å². The molecule has 0 aliphatic carbocycles. The van der Waals surface area contributed by atoms with Gasteiger partial charge in [0.2, 0.25) is 0 Å². The molecule has 0 aromatic rings. The first-order valence-electron chi connectivity index (χ1n) is 0.494. The first kappa shape index (κ1) is 16.7. The molecule has 0 aromatic heterocycles. The monoisotopic (exact) mass is 121 g/mol. The summed E-state index contributed by atoms with van der Waals surface area (Å²) in [5, 5.41) is 6.89. The van der Waals surface area contributed by atoms with Crippen molar-refractivity contribution in [2.45, 2.75) is 0 Å². The average molecular weight is 121 g/mol. The molecule has 0 atom stereocenters. The van der Waals surface area contributed by atoms with Gasteiger partial charge in [-0.3, -0.25) is 4.79 Å². The summed E-state index contributed by atoms with van der Waals surface area (Å²) < 4.78 is 0. The van der Waals surface area contributed by atoms with E-state index in [0.29, 0.717) is 0 Å². The molecule has 1 N–H and O–H groups in total. The molecular weight excluding hydrogens is 119 g/mol. The van der Waals surface area contributed by atoms with E-state index in [-0.39, 0.29) is 53.4 Å². The molecule has 0 unspecified atom stereocenters. The maximum atomic E-state index is 8.36. The van der Waals surface area contributed by atoms with E-state index in [1.165, 1.54) is 0 Å². The van der Waals surface area contributed by atoms with Crippen LogP contribution in [0.25, 0.3) is 0 Å². The Morgan fingerprint density at radius 1 is 1.60 bits per heavy atom. The van der Waals surface area contributed by atoms with Crippen LogP contribution in [0.4, 0.5) is 0 Å². The molecule has 0 saturated heterocycles. The van der Waals surface area contributed by atoms with E-state index in [0.717, 1.165) is 0 Å². The predicted octanol–water partition coefficient (Wildman–Crippen LogP) is -0.682. The Bertz CT molecular complexity index is 17.1. The zero-order chi connectivity index (χ0) is 2.71. The van der Waals surface area contributed by atoms with E-state index in [1.807, 2.05) is 0 Å². The van der Waals surface area contributed by atoms with Gasteiger partial charge in [-0.15, -0.1) is 0 Å². The molecule has 0 aliphatic rings. The summed E-state index contributed by atoms with van der Waals surface area (Å²) in [6.07, 6.45) is 0. The van der Waals surface area contributed by atoms with Gasteiger partial charge in [0.15, 0.2) is 0 Å². The van der Waals surface area contributed by atoms with Gasteiger partial charge in [0.05, 0.1) is 0 Å². The maximum absolute atomic E-state index is 8.36. The zero-order valence-corrected chi connectivity index (χ0v) is 6.12. The maximum Gasteiger partial charge on any atom is 0.290 e. The number of carboxylic acid groups (broad SMARTS) is 1. The summed E-state index contributed by atoms with van der Waals surface area (Å²) in [4.78, 5) is 8.36. The van der Waals surface area contributed by atoms with Gasteiger partial charge in [0.25, 0.3) is 6.47 Å². The molecule has 0 aliphatic heterocycles. The molecule has 1 radical (unpaired) electrons. The van der Waals surface area contributed by atoms with Crippen molar-refractivity contribution in [2.24, 2.45) is 0 Å². The Labute approximate surface area is 63.0 Å². The van der Waals surface area contributed by atoms with Crippen molar-refractivity contribution in [3.8, 4) is 0 Å². The second-order valence-electron chi connectivity index (χ2n) is 0.105. The van der Waals surface area contributed by atoms with Crippen LogP contribution >= 0.6 is 0 Å². The molecule has 4 heteroatoms. The van der Waals surface area contributed by atoms with Gasteiger partial charge in [-0.2, -0.15) is 0 Å². The summed E-state index contributed by atoms with van der Waals surface area (Å²) >= 11 is 0. The number of hydrogen-bond donors (Lipinski definition) is 1. The molecule has 0 aromatic carbocycles. The smallest absolute Gasteiger partial charge is 0.290 e. The molecule has 2 nitrogen and oxygen atoms in total. The van der Waals surface area contributed by atoms with Crippen molar-refractivity contribution < 1.29 is 27.3 Å². The summed E-state index contributed by atoms with van der Waals surface area (Å²) in [5.74, 6) is 0. The van der Waals surface area contributed by atoms with Crippen LogP contribution < -0.4 is 0 Å². The van der Waals surface area contributed by atoms with E-state index in [2.05, 4.69) is 0 Å². The van der Waals surface area contributed by atoms with Crippen molar-refractivity contribution in [3.63, 3.8) is 0 Å². The first-order chi connectivity index (χ1) is 1.41. The minimum Gasteiger partial charge on any atom is -0.483 e. The van der Waals surface area contributed by atoms with Crippen LogP contribution in [0.5, 0.6) is 0 Å². The van der Waals surface area contributed by atoms with Gasteiger partial charge >= 0.3 is 0 Å². The Kier molecular flexibility index (Phi) is 66.6. The van der Waals surface area contributed by atoms with Crippen molar-refractivity contribution in [1.82, 2.24) is 0 Å². The Hall–Kier alpha value is 1.00. The Balaban J connectivity index is -0.0000000200. The first-order valence-corrected chi connectivity index (χ1v) is 0.494. The third-order valence-corrected chi connectivity index (χ3v) is 0. The van der Waals surface area contributed by atoms with Crippen LogP contribution in [-0.4, -0.2) is 41.1 Å². The third-order valence-electron chi connectivity index (χ3n) is 0. The normalized spacial score (nSPS) is 2.40. The summed E-state index contributed by atoms with van der Waals surface area (Å²) in [6.45, 7) is -0.250. The van der Waals surface area contributed by atoms with Gasteiger partial charge < -0.3 is 5.11 Å². The largest absolute Gasteiger partial charge is 0.483 e. The van der Waals surface area contributed by atoms with Gasteiger partial charge in [-0.25, -0.2) is 0 Å². The summed E-state index contributed by atoms with van der Waals surface area (Å²) in [6, 6.07) is 0. The van der Waals surface area contributed by atoms with Crippen LogP contribution in [0, 0.1) is 0 Å². The standard InChI is InChI=1S/CH2O2.Cr.Na/c2-1-3;;/h1H,(H,2,3);;. The van der Waals surface area contributed by atoms with Gasteiger partial charge in [-0.1, -0.05) is 0 Å². The third kappa shape index (κ3) is 44.9. The van der Waals surface area contributed by atoms with Gasteiger partial charge in [-0.05, 0) is 0 Å². The van der Waals surface area contributed by atoms with Crippen molar-refractivity contribution in [2.75, 3.05) is 0 Å². The fourth-order valence-corrected chi connectivity index (χ4v) is 0. The molecule has 0 saturated carbocycles. The topological polar surface area (TPSA) is 37.3 Å². The van der Waals surface area contributed by atoms with Crippen molar-refractivity contribution >= 4 is 36.0 Å². The van der Waals surface area contributed by atoms with E-state index < -0.39 is 0 Å². The van der Waals surface area contributed by atoms with Crippen molar-refractivity contribution in [3.05, 3.63) is 0 Å². The predicted molar refractivity (Wildman–Crippen MR) is 14.4 cm³/mol. The number of carbonyl (C=O) groups is 1.